The lowest BCUT2D eigenvalue weighted by Gasteiger charge is -2.29. The second-order valence-corrected chi connectivity index (χ2v) is 4.61. The number of nitrogen functional groups attached to an aromatic ring is 1. The van der Waals surface area contributed by atoms with Gasteiger partial charge in [0, 0.05) is 12.1 Å². The van der Waals surface area contributed by atoms with Crippen LogP contribution in [0.4, 0.5) is 11.6 Å². The van der Waals surface area contributed by atoms with Crippen LogP contribution in [0.15, 0.2) is 12.4 Å². The largest absolute Gasteiger partial charge is 0.384 e. The molecule has 16 heavy (non-hydrogen) atoms. The van der Waals surface area contributed by atoms with E-state index in [-0.39, 0.29) is 0 Å². The van der Waals surface area contributed by atoms with E-state index >= 15 is 0 Å². The Morgan fingerprint density at radius 1 is 1.44 bits per heavy atom. The van der Waals surface area contributed by atoms with Crippen molar-refractivity contribution in [1.82, 2.24) is 9.97 Å². The van der Waals surface area contributed by atoms with Gasteiger partial charge in [0.05, 0.1) is 0 Å². The van der Waals surface area contributed by atoms with Crippen LogP contribution in [0.25, 0.3) is 0 Å². The van der Waals surface area contributed by atoms with Gasteiger partial charge in [-0.05, 0) is 18.8 Å². The van der Waals surface area contributed by atoms with Crippen molar-refractivity contribution in [1.29, 1.82) is 0 Å². The molecule has 0 saturated heterocycles. The summed E-state index contributed by atoms with van der Waals surface area (Å²) in [6.07, 6.45) is 7.97. The van der Waals surface area contributed by atoms with E-state index in [9.17, 15) is 0 Å². The highest BCUT2D eigenvalue weighted by atomic mass is 15.0. The molecule has 1 aliphatic rings. The third-order valence-electron chi connectivity index (χ3n) is 3.40. The van der Waals surface area contributed by atoms with E-state index in [4.69, 9.17) is 5.73 Å². The number of anilines is 2. The number of nitrogens with one attached hydrogen (secondary N) is 1. The molecule has 88 valence electrons. The van der Waals surface area contributed by atoms with Crippen molar-refractivity contribution in [3.05, 3.63) is 12.4 Å². The van der Waals surface area contributed by atoms with E-state index in [1.54, 1.807) is 6.07 Å². The Balaban J connectivity index is 1.94. The number of nitrogens with zero attached hydrogens (tertiary/aromatic N) is 2. The van der Waals surface area contributed by atoms with E-state index in [1.807, 2.05) is 0 Å². The first-order valence-electron chi connectivity index (χ1n) is 6.12. The summed E-state index contributed by atoms with van der Waals surface area (Å²) in [6.45, 7) is 2.27. The summed E-state index contributed by atoms with van der Waals surface area (Å²) in [5.74, 6) is 2.25. The normalized spacial score (nSPS) is 25.3. The summed E-state index contributed by atoms with van der Waals surface area (Å²) in [5.41, 5.74) is 5.63. The highest BCUT2D eigenvalue weighted by molar-refractivity contribution is 5.43. The molecule has 1 aliphatic carbocycles. The molecule has 4 heteroatoms. The van der Waals surface area contributed by atoms with Crippen molar-refractivity contribution in [3.8, 4) is 0 Å². The van der Waals surface area contributed by atoms with Gasteiger partial charge in [-0.25, -0.2) is 9.97 Å². The zero-order valence-electron chi connectivity index (χ0n) is 9.82. The maximum Gasteiger partial charge on any atom is 0.131 e. The molecule has 1 saturated carbocycles. The van der Waals surface area contributed by atoms with Crippen LogP contribution in [0.3, 0.4) is 0 Å². The molecule has 0 radical (unpaired) electrons. The number of rotatable bonds is 3. The first-order chi connectivity index (χ1) is 7.78. The lowest BCUT2D eigenvalue weighted by molar-refractivity contribution is 0.327. The van der Waals surface area contributed by atoms with Crippen molar-refractivity contribution in [2.24, 2.45) is 5.92 Å². The Morgan fingerprint density at radius 2 is 2.31 bits per heavy atom. The minimum atomic E-state index is 0.528. The molecule has 0 spiro atoms. The Morgan fingerprint density at radius 3 is 3.06 bits per heavy atom. The van der Waals surface area contributed by atoms with Crippen LogP contribution in [0.5, 0.6) is 0 Å². The Hall–Kier alpha value is -1.32. The molecule has 1 aromatic heterocycles. The molecular formula is C12H20N4. The molecule has 1 aromatic rings. The van der Waals surface area contributed by atoms with Gasteiger partial charge in [0.25, 0.3) is 0 Å². The van der Waals surface area contributed by atoms with Crippen LogP contribution >= 0.6 is 0 Å². The second kappa shape index (κ2) is 5.14. The molecule has 0 aliphatic heterocycles. The Bertz CT molecular complexity index is 340. The van der Waals surface area contributed by atoms with Gasteiger partial charge in [0.15, 0.2) is 0 Å². The average molecular weight is 220 g/mol. The molecule has 2 atom stereocenters. The Kier molecular flexibility index (Phi) is 3.59. The third-order valence-corrected chi connectivity index (χ3v) is 3.40. The van der Waals surface area contributed by atoms with E-state index in [0.717, 1.165) is 11.7 Å². The molecule has 0 aromatic carbocycles. The topological polar surface area (TPSA) is 63.8 Å². The van der Waals surface area contributed by atoms with Gasteiger partial charge in [-0.2, -0.15) is 0 Å². The van der Waals surface area contributed by atoms with Crippen LogP contribution in [0.1, 0.15) is 39.0 Å². The van der Waals surface area contributed by atoms with Gasteiger partial charge in [0.1, 0.15) is 18.0 Å². The molecule has 2 unspecified atom stereocenters. The standard InChI is InChI=1S/C12H20N4/c1-2-9-4-3-5-10(6-9)16-12-7-11(13)14-8-15-12/h7-10H,2-6H2,1H3,(H3,13,14,15,16). The zero-order chi connectivity index (χ0) is 11.4. The third kappa shape index (κ3) is 2.84. The molecular weight excluding hydrogens is 200 g/mol. The SMILES string of the molecule is CCC1CCCC(Nc2cc(N)ncn2)C1. The van der Waals surface area contributed by atoms with Crippen LogP contribution in [0, 0.1) is 5.92 Å². The van der Waals surface area contributed by atoms with Crippen LogP contribution in [-0.2, 0) is 0 Å². The van der Waals surface area contributed by atoms with E-state index in [1.165, 1.54) is 38.4 Å². The van der Waals surface area contributed by atoms with Crippen LogP contribution in [-0.4, -0.2) is 16.0 Å². The number of hydrogen-bond acceptors (Lipinski definition) is 4. The molecule has 1 fully saturated rings. The van der Waals surface area contributed by atoms with Gasteiger partial charge in [0.2, 0.25) is 0 Å². The summed E-state index contributed by atoms with van der Waals surface area (Å²) in [4.78, 5) is 8.07. The minimum Gasteiger partial charge on any atom is -0.384 e. The van der Waals surface area contributed by atoms with E-state index < -0.39 is 0 Å². The van der Waals surface area contributed by atoms with Gasteiger partial charge in [-0.15, -0.1) is 0 Å². The highest BCUT2D eigenvalue weighted by Gasteiger charge is 2.20. The lowest BCUT2D eigenvalue weighted by Crippen LogP contribution is -2.27. The van der Waals surface area contributed by atoms with Gasteiger partial charge in [-0.1, -0.05) is 26.2 Å². The molecule has 1 heterocycles. The maximum absolute atomic E-state index is 5.63. The summed E-state index contributed by atoms with van der Waals surface area (Å²) >= 11 is 0. The van der Waals surface area contributed by atoms with Crippen LogP contribution < -0.4 is 11.1 Å². The summed E-state index contributed by atoms with van der Waals surface area (Å²) in [7, 11) is 0. The Labute approximate surface area is 96.7 Å². The fourth-order valence-electron chi connectivity index (χ4n) is 2.45. The molecule has 3 N–H and O–H groups in total. The number of nitrogens with two attached hydrogens (primary N) is 1. The first kappa shape index (κ1) is 11.2. The van der Waals surface area contributed by atoms with E-state index in [2.05, 4.69) is 22.2 Å². The van der Waals surface area contributed by atoms with Crippen molar-refractivity contribution >= 4 is 11.6 Å². The number of aromatic nitrogens is 2. The fourth-order valence-corrected chi connectivity index (χ4v) is 2.45. The van der Waals surface area contributed by atoms with Gasteiger partial charge >= 0.3 is 0 Å². The van der Waals surface area contributed by atoms with Crippen molar-refractivity contribution < 1.29 is 0 Å². The monoisotopic (exact) mass is 220 g/mol. The zero-order valence-corrected chi connectivity index (χ0v) is 9.82. The second-order valence-electron chi connectivity index (χ2n) is 4.61. The van der Waals surface area contributed by atoms with Crippen molar-refractivity contribution in [3.63, 3.8) is 0 Å². The minimum absolute atomic E-state index is 0.528. The van der Waals surface area contributed by atoms with Crippen molar-refractivity contribution in [2.45, 2.75) is 45.1 Å². The summed E-state index contributed by atoms with van der Waals surface area (Å²) < 4.78 is 0. The molecule has 0 amide bonds. The number of hydrogen-bond donors (Lipinski definition) is 2. The quantitative estimate of drug-likeness (QED) is 0.821. The first-order valence-corrected chi connectivity index (χ1v) is 6.12. The molecule has 2 rings (SSSR count). The smallest absolute Gasteiger partial charge is 0.131 e. The van der Waals surface area contributed by atoms with Gasteiger partial charge < -0.3 is 11.1 Å². The molecule has 0 bridgehead atoms. The maximum atomic E-state index is 5.63. The van der Waals surface area contributed by atoms with Gasteiger partial charge in [-0.3, -0.25) is 0 Å². The summed E-state index contributed by atoms with van der Waals surface area (Å²) in [5, 5.41) is 3.45. The summed E-state index contributed by atoms with van der Waals surface area (Å²) in [6, 6.07) is 2.35. The molecule has 4 nitrogen and oxygen atoms in total. The lowest BCUT2D eigenvalue weighted by atomic mass is 9.84. The fraction of sp³-hybridized carbons (Fsp3) is 0.667. The average Bonchev–Trinajstić information content (AvgIpc) is 2.29. The predicted octanol–water partition coefficient (Wildman–Crippen LogP) is 2.44. The van der Waals surface area contributed by atoms with Crippen LogP contribution in [0.2, 0.25) is 0 Å². The highest BCUT2D eigenvalue weighted by Crippen LogP contribution is 2.28. The van der Waals surface area contributed by atoms with E-state index in [0.29, 0.717) is 11.9 Å². The predicted molar refractivity (Wildman–Crippen MR) is 66.1 cm³/mol. The van der Waals surface area contributed by atoms with Crippen molar-refractivity contribution in [2.75, 3.05) is 11.1 Å².